The summed E-state index contributed by atoms with van der Waals surface area (Å²) in [5.74, 6) is 6.23. The van der Waals surface area contributed by atoms with Gasteiger partial charge < -0.3 is 5.32 Å². The molecule has 1 fully saturated rings. The maximum absolute atomic E-state index is 5.82. The van der Waals surface area contributed by atoms with Crippen LogP contribution in [0.5, 0.6) is 0 Å². The molecule has 0 aromatic carbocycles. The van der Waals surface area contributed by atoms with Crippen LogP contribution in [0.1, 0.15) is 25.8 Å². The maximum atomic E-state index is 5.82. The minimum absolute atomic E-state index is 0.197. The van der Waals surface area contributed by atoms with E-state index >= 15 is 0 Å². The Kier molecular flexibility index (Phi) is 4.06. The van der Waals surface area contributed by atoms with Crippen molar-refractivity contribution in [3.63, 3.8) is 0 Å². The van der Waals surface area contributed by atoms with Crippen LogP contribution in [0.3, 0.4) is 0 Å². The molecule has 0 radical (unpaired) electrons. The Morgan fingerprint density at radius 1 is 1.50 bits per heavy atom. The molecule has 0 bridgehead atoms. The standard InChI is InChI=1S/C15H17ClN2/c1-15(2)11-17-8-7-13(15)5-3-4-12-6-9-18-14(16)10-12/h5-6,9-10,17H,7-8,11H2,1-2H3/b13-5+. The van der Waals surface area contributed by atoms with Crippen LogP contribution in [0.4, 0.5) is 0 Å². The van der Waals surface area contributed by atoms with E-state index in [2.05, 4.69) is 42.1 Å². The van der Waals surface area contributed by atoms with Crippen molar-refractivity contribution in [1.29, 1.82) is 0 Å². The van der Waals surface area contributed by atoms with Gasteiger partial charge >= 0.3 is 0 Å². The lowest BCUT2D eigenvalue weighted by atomic mass is 9.79. The molecule has 1 aromatic heterocycles. The summed E-state index contributed by atoms with van der Waals surface area (Å²) >= 11 is 5.82. The van der Waals surface area contributed by atoms with Crippen LogP contribution in [-0.2, 0) is 0 Å². The first-order chi connectivity index (χ1) is 8.58. The fraction of sp³-hybridized carbons (Fsp3) is 0.400. The predicted octanol–water partition coefficient (Wildman–Crippen LogP) is 3.03. The topological polar surface area (TPSA) is 24.9 Å². The van der Waals surface area contributed by atoms with Crippen molar-refractivity contribution in [2.24, 2.45) is 5.41 Å². The minimum Gasteiger partial charge on any atom is -0.316 e. The summed E-state index contributed by atoms with van der Waals surface area (Å²) in [6.45, 7) is 6.55. The number of halogens is 1. The molecule has 0 saturated carbocycles. The Bertz CT molecular complexity index is 521. The van der Waals surface area contributed by atoms with Gasteiger partial charge in [0.25, 0.3) is 0 Å². The quantitative estimate of drug-likeness (QED) is 0.573. The molecule has 0 spiro atoms. The molecular weight excluding hydrogens is 244 g/mol. The summed E-state index contributed by atoms with van der Waals surface area (Å²) in [6.07, 6.45) is 4.79. The molecule has 0 unspecified atom stereocenters. The van der Waals surface area contributed by atoms with Crippen LogP contribution < -0.4 is 5.32 Å². The Labute approximate surface area is 113 Å². The first-order valence-corrected chi connectivity index (χ1v) is 6.49. The summed E-state index contributed by atoms with van der Waals surface area (Å²) in [4.78, 5) is 3.93. The average Bonchev–Trinajstić information content (AvgIpc) is 2.31. The fourth-order valence-electron chi connectivity index (χ4n) is 2.03. The zero-order valence-electron chi connectivity index (χ0n) is 10.8. The third-order valence-electron chi connectivity index (χ3n) is 3.20. The van der Waals surface area contributed by atoms with Crippen LogP contribution in [0.25, 0.3) is 0 Å². The number of piperidine rings is 1. The summed E-state index contributed by atoms with van der Waals surface area (Å²) < 4.78 is 0. The highest BCUT2D eigenvalue weighted by Gasteiger charge is 2.25. The maximum Gasteiger partial charge on any atom is 0.130 e. The summed E-state index contributed by atoms with van der Waals surface area (Å²) in [7, 11) is 0. The van der Waals surface area contributed by atoms with Gasteiger partial charge in [0.2, 0.25) is 0 Å². The molecule has 1 aliphatic heterocycles. The van der Waals surface area contributed by atoms with Gasteiger partial charge in [-0.3, -0.25) is 0 Å². The number of allylic oxidation sites excluding steroid dienone is 1. The Hall–Kier alpha value is -1.30. The van der Waals surface area contributed by atoms with Crippen molar-refractivity contribution in [2.45, 2.75) is 20.3 Å². The lowest BCUT2D eigenvalue weighted by Crippen LogP contribution is -2.37. The molecule has 2 rings (SSSR count). The summed E-state index contributed by atoms with van der Waals surface area (Å²) in [5, 5.41) is 3.89. The van der Waals surface area contributed by atoms with Gasteiger partial charge in [0.15, 0.2) is 0 Å². The monoisotopic (exact) mass is 260 g/mol. The van der Waals surface area contributed by atoms with Gasteiger partial charge in [-0.05, 0) is 36.6 Å². The highest BCUT2D eigenvalue weighted by Crippen LogP contribution is 2.30. The zero-order valence-corrected chi connectivity index (χ0v) is 11.5. The number of hydrogen-bond donors (Lipinski definition) is 1. The number of aromatic nitrogens is 1. The SMILES string of the molecule is CC1(C)CNCC/C1=C\C#Cc1ccnc(Cl)c1. The zero-order chi connectivity index (χ0) is 13.0. The second-order valence-electron chi connectivity index (χ2n) is 5.12. The first-order valence-electron chi connectivity index (χ1n) is 6.11. The van der Waals surface area contributed by atoms with Crippen molar-refractivity contribution in [3.8, 4) is 11.8 Å². The van der Waals surface area contributed by atoms with E-state index in [1.54, 1.807) is 12.3 Å². The van der Waals surface area contributed by atoms with Crippen LogP contribution >= 0.6 is 11.6 Å². The van der Waals surface area contributed by atoms with Gasteiger partial charge in [0.1, 0.15) is 5.15 Å². The fourth-order valence-corrected chi connectivity index (χ4v) is 2.20. The average molecular weight is 261 g/mol. The van der Waals surface area contributed by atoms with E-state index in [9.17, 15) is 0 Å². The molecule has 0 amide bonds. The van der Waals surface area contributed by atoms with Gasteiger partial charge in [-0.15, -0.1) is 0 Å². The summed E-state index contributed by atoms with van der Waals surface area (Å²) in [5.41, 5.74) is 2.51. The van der Waals surface area contributed by atoms with E-state index in [1.807, 2.05) is 6.07 Å². The van der Waals surface area contributed by atoms with Crippen molar-refractivity contribution in [2.75, 3.05) is 13.1 Å². The Morgan fingerprint density at radius 2 is 2.33 bits per heavy atom. The van der Waals surface area contributed by atoms with Gasteiger partial charge in [-0.25, -0.2) is 4.98 Å². The molecular formula is C15H17ClN2. The van der Waals surface area contributed by atoms with E-state index in [1.165, 1.54) is 5.57 Å². The Morgan fingerprint density at radius 3 is 3.06 bits per heavy atom. The van der Waals surface area contributed by atoms with E-state index < -0.39 is 0 Å². The number of nitrogens with one attached hydrogen (secondary N) is 1. The lowest BCUT2D eigenvalue weighted by molar-refractivity contribution is 0.357. The largest absolute Gasteiger partial charge is 0.316 e. The smallest absolute Gasteiger partial charge is 0.130 e. The van der Waals surface area contributed by atoms with Gasteiger partial charge in [-0.1, -0.05) is 42.9 Å². The third-order valence-corrected chi connectivity index (χ3v) is 3.40. The van der Waals surface area contributed by atoms with E-state index in [0.717, 1.165) is 25.1 Å². The van der Waals surface area contributed by atoms with Crippen molar-refractivity contribution < 1.29 is 0 Å². The van der Waals surface area contributed by atoms with Crippen molar-refractivity contribution in [3.05, 3.63) is 40.7 Å². The normalized spacial score (nSPS) is 20.3. The number of pyridine rings is 1. The molecule has 1 N–H and O–H groups in total. The molecule has 2 heterocycles. The lowest BCUT2D eigenvalue weighted by Gasteiger charge is -2.33. The molecule has 1 aromatic rings. The highest BCUT2D eigenvalue weighted by atomic mass is 35.5. The number of rotatable bonds is 0. The molecule has 1 aliphatic rings. The van der Waals surface area contributed by atoms with Crippen molar-refractivity contribution >= 4 is 11.6 Å². The van der Waals surface area contributed by atoms with E-state index in [4.69, 9.17) is 11.6 Å². The molecule has 2 nitrogen and oxygen atoms in total. The number of nitrogens with zero attached hydrogens (tertiary/aromatic N) is 1. The van der Waals surface area contributed by atoms with Crippen LogP contribution in [0.15, 0.2) is 30.0 Å². The van der Waals surface area contributed by atoms with Crippen LogP contribution in [-0.4, -0.2) is 18.1 Å². The van der Waals surface area contributed by atoms with Crippen molar-refractivity contribution in [1.82, 2.24) is 10.3 Å². The molecule has 0 aliphatic carbocycles. The second kappa shape index (κ2) is 5.56. The summed E-state index contributed by atoms with van der Waals surface area (Å²) in [6, 6.07) is 3.64. The molecule has 94 valence electrons. The van der Waals surface area contributed by atoms with E-state index in [0.29, 0.717) is 5.15 Å². The van der Waals surface area contributed by atoms with Crippen LogP contribution in [0, 0.1) is 17.3 Å². The van der Waals surface area contributed by atoms with Gasteiger partial charge in [0, 0.05) is 18.3 Å². The molecule has 0 atom stereocenters. The number of hydrogen-bond acceptors (Lipinski definition) is 2. The molecule has 18 heavy (non-hydrogen) atoms. The van der Waals surface area contributed by atoms with Crippen LogP contribution in [0.2, 0.25) is 5.15 Å². The molecule has 1 saturated heterocycles. The highest BCUT2D eigenvalue weighted by molar-refractivity contribution is 6.29. The first kappa shape index (κ1) is 13.1. The molecule has 3 heteroatoms. The van der Waals surface area contributed by atoms with Gasteiger partial charge in [-0.2, -0.15) is 0 Å². The van der Waals surface area contributed by atoms with Gasteiger partial charge in [0.05, 0.1) is 0 Å². The third kappa shape index (κ3) is 3.35. The second-order valence-corrected chi connectivity index (χ2v) is 5.50. The van der Waals surface area contributed by atoms with E-state index in [-0.39, 0.29) is 5.41 Å². The Balaban J connectivity index is 2.15. The minimum atomic E-state index is 0.197. The predicted molar refractivity (Wildman–Crippen MR) is 75.5 cm³/mol.